The van der Waals surface area contributed by atoms with Gasteiger partial charge in [-0.1, -0.05) is 15.9 Å². The van der Waals surface area contributed by atoms with Gasteiger partial charge in [-0.15, -0.1) is 0 Å². The summed E-state index contributed by atoms with van der Waals surface area (Å²) in [6, 6.07) is 5.32. The Labute approximate surface area is 109 Å². The largest absolute Gasteiger partial charge is 0.479 e. The van der Waals surface area contributed by atoms with Gasteiger partial charge in [-0.3, -0.25) is 0 Å². The van der Waals surface area contributed by atoms with Crippen molar-refractivity contribution in [2.24, 2.45) is 5.73 Å². The summed E-state index contributed by atoms with van der Waals surface area (Å²) in [5.41, 5.74) is 6.69. The van der Waals surface area contributed by atoms with E-state index in [2.05, 4.69) is 20.7 Å². The average Bonchev–Trinajstić information content (AvgIpc) is 2.29. The van der Waals surface area contributed by atoms with Gasteiger partial charge >= 0.3 is 5.97 Å². The molecular formula is C12H16BrNO3. The lowest BCUT2D eigenvalue weighted by Gasteiger charge is -2.17. The summed E-state index contributed by atoms with van der Waals surface area (Å²) in [6.07, 6.45) is -0.654. The van der Waals surface area contributed by atoms with E-state index >= 15 is 0 Å². The Kier molecular flexibility index (Phi) is 4.96. The Morgan fingerprint density at radius 2 is 2.06 bits per heavy atom. The van der Waals surface area contributed by atoms with Gasteiger partial charge in [0.2, 0.25) is 0 Å². The number of ether oxygens (including phenoxy) is 2. The molecule has 1 aromatic carbocycles. The molecule has 0 aliphatic rings. The van der Waals surface area contributed by atoms with Gasteiger partial charge in [-0.2, -0.15) is 0 Å². The maximum atomic E-state index is 11.3. The first kappa shape index (κ1) is 14.0. The molecule has 4 nitrogen and oxygen atoms in total. The molecule has 0 aliphatic carbocycles. The molecule has 0 heterocycles. The van der Waals surface area contributed by atoms with Crippen molar-refractivity contribution in [3.05, 3.63) is 28.2 Å². The van der Waals surface area contributed by atoms with Crippen LogP contribution in [0.3, 0.4) is 0 Å². The van der Waals surface area contributed by atoms with Crippen LogP contribution in [0.5, 0.6) is 5.75 Å². The third-order valence-corrected chi connectivity index (χ3v) is 2.79. The summed E-state index contributed by atoms with van der Waals surface area (Å²) in [5.74, 6) is 0.185. The van der Waals surface area contributed by atoms with Gasteiger partial charge in [-0.25, -0.2) is 4.79 Å². The minimum absolute atomic E-state index is 0.174. The lowest BCUT2D eigenvalue weighted by atomic mass is 10.1. The Morgan fingerprint density at radius 3 is 2.59 bits per heavy atom. The average molecular weight is 302 g/mol. The molecular weight excluding hydrogens is 286 g/mol. The quantitative estimate of drug-likeness (QED) is 0.868. The molecule has 0 bridgehead atoms. The van der Waals surface area contributed by atoms with Crippen LogP contribution in [0, 0.1) is 0 Å². The molecule has 1 unspecified atom stereocenters. The van der Waals surface area contributed by atoms with Crippen LogP contribution >= 0.6 is 15.9 Å². The van der Waals surface area contributed by atoms with Gasteiger partial charge in [0.05, 0.1) is 7.11 Å². The van der Waals surface area contributed by atoms with E-state index in [1.807, 2.05) is 19.1 Å². The molecule has 94 valence electrons. The first-order valence-corrected chi connectivity index (χ1v) is 6.04. The van der Waals surface area contributed by atoms with Gasteiger partial charge in [0.15, 0.2) is 6.10 Å². The fourth-order valence-electron chi connectivity index (χ4n) is 1.39. The molecule has 0 aliphatic heterocycles. The maximum absolute atomic E-state index is 11.3. The third kappa shape index (κ3) is 3.71. The lowest BCUT2D eigenvalue weighted by molar-refractivity contribution is -0.147. The molecule has 2 N–H and O–H groups in total. The Hall–Kier alpha value is -1.07. The van der Waals surface area contributed by atoms with Gasteiger partial charge < -0.3 is 15.2 Å². The minimum atomic E-state index is -0.654. The normalized spacial score (nSPS) is 13.9. The van der Waals surface area contributed by atoms with Crippen molar-refractivity contribution in [3.63, 3.8) is 0 Å². The number of hydrogen-bond donors (Lipinski definition) is 1. The summed E-state index contributed by atoms with van der Waals surface area (Å²) in [5, 5.41) is 0. The predicted octanol–water partition coefficient (Wildman–Crippen LogP) is 2.41. The van der Waals surface area contributed by atoms with Crippen molar-refractivity contribution in [2.45, 2.75) is 26.0 Å². The first-order valence-electron chi connectivity index (χ1n) is 5.25. The number of esters is 1. The van der Waals surface area contributed by atoms with Crippen molar-refractivity contribution in [1.82, 2.24) is 0 Å². The van der Waals surface area contributed by atoms with Crippen molar-refractivity contribution in [1.29, 1.82) is 0 Å². The van der Waals surface area contributed by atoms with Gasteiger partial charge in [0, 0.05) is 16.1 Å². The highest BCUT2D eigenvalue weighted by atomic mass is 79.9. The highest BCUT2D eigenvalue weighted by Crippen LogP contribution is 2.28. The number of carbonyl (C=O) groups excluding carboxylic acids is 1. The number of rotatable bonds is 4. The molecule has 1 rings (SSSR count). The molecule has 0 aromatic heterocycles. The summed E-state index contributed by atoms with van der Waals surface area (Å²) >= 11 is 3.37. The van der Waals surface area contributed by atoms with Crippen LogP contribution in [0.25, 0.3) is 0 Å². The monoisotopic (exact) mass is 301 g/mol. The fourth-order valence-corrected chi connectivity index (χ4v) is 1.77. The highest BCUT2D eigenvalue weighted by molar-refractivity contribution is 9.10. The lowest BCUT2D eigenvalue weighted by Crippen LogP contribution is -2.25. The summed E-state index contributed by atoms with van der Waals surface area (Å²) in [4.78, 5) is 11.3. The number of halogens is 1. The highest BCUT2D eigenvalue weighted by Gasteiger charge is 2.17. The molecule has 0 amide bonds. The first-order chi connectivity index (χ1) is 7.95. The third-order valence-electron chi connectivity index (χ3n) is 2.30. The van der Waals surface area contributed by atoms with Crippen molar-refractivity contribution >= 4 is 21.9 Å². The topological polar surface area (TPSA) is 61.5 Å². The Balaban J connectivity index is 2.94. The molecule has 2 atom stereocenters. The van der Waals surface area contributed by atoms with Crippen LogP contribution in [-0.2, 0) is 9.53 Å². The zero-order chi connectivity index (χ0) is 13.0. The van der Waals surface area contributed by atoms with E-state index in [1.165, 1.54) is 7.11 Å². The number of benzene rings is 1. The summed E-state index contributed by atoms with van der Waals surface area (Å²) in [6.45, 7) is 3.50. The molecule has 0 radical (unpaired) electrons. The van der Waals surface area contributed by atoms with Crippen LogP contribution in [-0.4, -0.2) is 19.2 Å². The second-order valence-corrected chi connectivity index (χ2v) is 4.67. The smallest absolute Gasteiger partial charge is 0.346 e. The number of hydrogen-bond acceptors (Lipinski definition) is 4. The number of nitrogens with two attached hydrogens (primary N) is 1. The van der Waals surface area contributed by atoms with E-state index in [0.29, 0.717) is 5.75 Å². The van der Waals surface area contributed by atoms with Crippen LogP contribution in [0.15, 0.2) is 22.7 Å². The second-order valence-electron chi connectivity index (χ2n) is 3.75. The Morgan fingerprint density at radius 1 is 1.41 bits per heavy atom. The fraction of sp³-hybridized carbons (Fsp3) is 0.417. The standard InChI is InChI=1S/C12H16BrNO3/c1-7(14)10-6-9(13)4-5-11(10)17-8(2)12(15)16-3/h4-8H,14H2,1-3H3/t7-,8?/m0/s1. The van der Waals surface area contributed by atoms with Crippen molar-refractivity contribution in [2.75, 3.05) is 7.11 Å². The zero-order valence-corrected chi connectivity index (χ0v) is 11.7. The molecule has 0 saturated heterocycles. The Bertz CT molecular complexity index is 407. The van der Waals surface area contributed by atoms with Crippen LogP contribution in [0.2, 0.25) is 0 Å². The summed E-state index contributed by atoms with van der Waals surface area (Å²) in [7, 11) is 1.33. The van der Waals surface area contributed by atoms with E-state index in [4.69, 9.17) is 10.5 Å². The number of methoxy groups -OCH3 is 1. The molecule has 1 aromatic rings. The van der Waals surface area contributed by atoms with Gasteiger partial charge in [-0.05, 0) is 32.0 Å². The second kappa shape index (κ2) is 6.02. The molecule has 0 saturated carbocycles. The van der Waals surface area contributed by atoms with Crippen LogP contribution in [0.4, 0.5) is 0 Å². The van der Waals surface area contributed by atoms with E-state index in [1.54, 1.807) is 13.0 Å². The van der Waals surface area contributed by atoms with Gasteiger partial charge in [0.1, 0.15) is 5.75 Å². The molecule has 0 fully saturated rings. The van der Waals surface area contributed by atoms with Crippen molar-refractivity contribution < 1.29 is 14.3 Å². The maximum Gasteiger partial charge on any atom is 0.346 e. The minimum Gasteiger partial charge on any atom is -0.479 e. The van der Waals surface area contributed by atoms with E-state index in [-0.39, 0.29) is 6.04 Å². The summed E-state index contributed by atoms with van der Waals surface area (Å²) < 4.78 is 11.1. The predicted molar refractivity (Wildman–Crippen MR) is 68.9 cm³/mol. The van der Waals surface area contributed by atoms with E-state index < -0.39 is 12.1 Å². The molecule has 5 heteroatoms. The van der Waals surface area contributed by atoms with E-state index in [0.717, 1.165) is 10.0 Å². The molecule has 17 heavy (non-hydrogen) atoms. The van der Waals surface area contributed by atoms with Crippen molar-refractivity contribution in [3.8, 4) is 5.75 Å². The van der Waals surface area contributed by atoms with Crippen LogP contribution in [0.1, 0.15) is 25.5 Å². The molecule has 0 spiro atoms. The number of carbonyl (C=O) groups is 1. The van der Waals surface area contributed by atoms with Gasteiger partial charge in [0.25, 0.3) is 0 Å². The zero-order valence-electron chi connectivity index (χ0n) is 10.1. The SMILES string of the molecule is COC(=O)C(C)Oc1ccc(Br)cc1[C@H](C)N. The van der Waals surface area contributed by atoms with Crippen LogP contribution < -0.4 is 10.5 Å². The van der Waals surface area contributed by atoms with E-state index in [9.17, 15) is 4.79 Å².